The zero-order valence-electron chi connectivity index (χ0n) is 53.4. The van der Waals surface area contributed by atoms with E-state index >= 15 is 0 Å². The van der Waals surface area contributed by atoms with Crippen LogP contribution in [0.5, 0.6) is 23.0 Å². The smallest absolute Gasteiger partial charge is 0.255 e. The number of Topliss-reactive ketones (excluding diaryl/α,β-unsaturated/α-hetero) is 4. The van der Waals surface area contributed by atoms with Crippen LogP contribution in [0.3, 0.4) is 0 Å². The number of rotatable bonds is 42. The van der Waals surface area contributed by atoms with Crippen LogP contribution in [0.4, 0.5) is 0 Å². The number of benzene rings is 4. The van der Waals surface area contributed by atoms with Gasteiger partial charge in [0.15, 0.2) is 41.0 Å². The molecule has 504 valence electrons. The lowest BCUT2D eigenvalue weighted by Gasteiger charge is -2.21. The lowest BCUT2D eigenvalue weighted by molar-refractivity contribution is -0.127. The summed E-state index contributed by atoms with van der Waals surface area (Å²) in [6, 6.07) is 14.1. The van der Waals surface area contributed by atoms with E-state index in [4.69, 9.17) is 64.8 Å². The predicted molar refractivity (Wildman–Crippen MR) is 352 cm³/mol. The fourth-order valence-electron chi connectivity index (χ4n) is 9.76. The van der Waals surface area contributed by atoms with Gasteiger partial charge in [0.25, 0.3) is 23.6 Å². The van der Waals surface area contributed by atoms with Crippen LogP contribution in [0, 0.1) is 0 Å². The molecule has 0 aliphatic carbocycles. The second kappa shape index (κ2) is 39.2. The topological polar surface area (TPSA) is 496 Å². The number of nitrogens with two attached hydrogens (primary N) is 8. The van der Waals surface area contributed by atoms with E-state index in [0.717, 1.165) is 0 Å². The molecule has 29 heteroatoms. The SMILES string of the molecule is COc1ccc(CC(=O)[C@@H](CCCN=C(N)N)NC(=O)c2cc(CC(=O)[C@@H](CCCN=C(N)N)NC(=O)c3cc(CC(=O)[C@@H](CCCN=C(N)N)NC(=O)c4cc(CC(=O)[C@@H](C)NC(=O)CCCCN)ccc4OC)ccc3OC)ccc2OC)cc1C(=O)NCCN. The van der Waals surface area contributed by atoms with Gasteiger partial charge in [-0.15, -0.1) is 0 Å². The monoisotopic (exact) mass is 1290 g/mol. The van der Waals surface area contributed by atoms with E-state index < -0.39 is 65.1 Å². The maximum Gasteiger partial charge on any atom is 0.255 e. The molecule has 4 aromatic carbocycles. The van der Waals surface area contributed by atoms with Gasteiger partial charge in [-0.25, -0.2) is 0 Å². The lowest BCUT2D eigenvalue weighted by atomic mass is 9.96. The van der Waals surface area contributed by atoms with Crippen molar-refractivity contribution >= 4 is 70.5 Å². The van der Waals surface area contributed by atoms with E-state index in [0.29, 0.717) is 41.6 Å². The van der Waals surface area contributed by atoms with E-state index in [1.54, 1.807) is 37.3 Å². The lowest BCUT2D eigenvalue weighted by Crippen LogP contribution is -2.42. The van der Waals surface area contributed by atoms with Gasteiger partial charge in [0.05, 0.1) is 74.9 Å². The number of amides is 5. The van der Waals surface area contributed by atoms with Crippen LogP contribution in [0.2, 0.25) is 0 Å². The molecule has 0 heterocycles. The zero-order chi connectivity index (χ0) is 68.6. The molecule has 5 amide bonds. The van der Waals surface area contributed by atoms with Crippen LogP contribution in [0.15, 0.2) is 87.8 Å². The second-order valence-electron chi connectivity index (χ2n) is 21.7. The van der Waals surface area contributed by atoms with E-state index in [-0.39, 0.29) is 178 Å². The van der Waals surface area contributed by atoms with Crippen molar-refractivity contribution in [3.05, 3.63) is 117 Å². The number of aliphatic imine (C=N–C) groups is 3. The maximum atomic E-state index is 14.5. The number of ether oxygens (including phenoxy) is 4. The average molecular weight is 1290 g/mol. The fourth-order valence-corrected chi connectivity index (χ4v) is 9.76. The molecule has 0 radical (unpaired) electrons. The highest BCUT2D eigenvalue weighted by Gasteiger charge is 2.29. The molecular weight excluding hydrogens is 1200 g/mol. The summed E-state index contributed by atoms with van der Waals surface area (Å²) in [5.41, 5.74) is 46.3. The van der Waals surface area contributed by atoms with Gasteiger partial charge in [-0.2, -0.15) is 0 Å². The standard InChI is InChI=1S/C64H90N16O13/c1-37(77-57(85)14-6-7-23-65)49(81)33-38-15-20-54(91-3)43(30-38)59(87)78-47(12-9-26-75-63(69)70)51(83)35-40-17-22-56(93-5)45(32-40)61(89)80-48(13-10-27-76-64(71)72)52(84)36-41-18-21-55(92-4)44(31-41)60(88)79-46(11-8-25-74-62(67)68)50(82)34-39-16-19-53(90-2)42(29-39)58(86)73-28-24-66/h15-22,29-32,37,46-48H,6-14,23-28,33-36,65-66H2,1-5H3,(H,73,86)(H,77,85)(H,78,87)(H,79,88)(H,80,89)(H4,67,68,74)(H4,69,70,75)(H4,71,72,76)/t37-,46-,47-,48-/m1/s1. The summed E-state index contributed by atoms with van der Waals surface area (Å²) in [7, 11) is 5.46. The molecule has 0 fully saturated rings. The molecule has 4 atom stereocenters. The van der Waals surface area contributed by atoms with E-state index in [1.807, 2.05) is 0 Å². The normalized spacial score (nSPS) is 12.0. The third kappa shape index (κ3) is 25.2. The molecule has 21 N–H and O–H groups in total. The number of nitrogens with one attached hydrogen (secondary N) is 5. The Kier molecular flexibility index (Phi) is 31.7. The van der Waals surface area contributed by atoms with Gasteiger partial charge >= 0.3 is 0 Å². The number of ketones is 4. The van der Waals surface area contributed by atoms with E-state index in [9.17, 15) is 43.2 Å². The molecule has 0 aliphatic rings. The average Bonchev–Trinajstić information content (AvgIpc) is 0.908. The third-order valence-corrected chi connectivity index (χ3v) is 14.6. The van der Waals surface area contributed by atoms with Crippen molar-refractivity contribution in [3.63, 3.8) is 0 Å². The maximum absolute atomic E-state index is 14.5. The quantitative estimate of drug-likeness (QED) is 0.0158. The molecule has 0 aromatic heterocycles. The zero-order valence-corrected chi connectivity index (χ0v) is 53.4. The van der Waals surface area contributed by atoms with Crippen LogP contribution < -0.4 is 91.4 Å². The highest BCUT2D eigenvalue weighted by atomic mass is 16.5. The Morgan fingerprint density at radius 3 is 1.01 bits per heavy atom. The highest BCUT2D eigenvalue weighted by Crippen LogP contribution is 2.26. The van der Waals surface area contributed by atoms with Crippen molar-refractivity contribution in [2.24, 2.45) is 60.8 Å². The second-order valence-corrected chi connectivity index (χ2v) is 21.7. The number of guanidine groups is 3. The minimum atomic E-state index is -1.18. The van der Waals surface area contributed by atoms with Crippen molar-refractivity contribution in [2.45, 2.75) is 115 Å². The first-order valence-corrected chi connectivity index (χ1v) is 30.3. The van der Waals surface area contributed by atoms with Crippen LogP contribution in [0.1, 0.15) is 128 Å². The van der Waals surface area contributed by atoms with Gasteiger partial charge in [-0.3, -0.25) is 58.1 Å². The van der Waals surface area contributed by atoms with Gasteiger partial charge in [0, 0.05) is 64.8 Å². The van der Waals surface area contributed by atoms with Crippen LogP contribution in [-0.4, -0.2) is 162 Å². The Morgan fingerprint density at radius 1 is 0.409 bits per heavy atom. The summed E-state index contributed by atoms with van der Waals surface area (Å²) in [5.74, 6) is -4.44. The Morgan fingerprint density at radius 2 is 0.720 bits per heavy atom. The highest BCUT2D eigenvalue weighted by molar-refractivity contribution is 6.04. The summed E-state index contributed by atoms with van der Waals surface area (Å²) < 4.78 is 22.1. The number of hydrogen-bond acceptors (Lipinski definition) is 18. The minimum Gasteiger partial charge on any atom is -0.496 e. The van der Waals surface area contributed by atoms with Crippen LogP contribution >= 0.6 is 0 Å². The molecule has 0 saturated heterocycles. The van der Waals surface area contributed by atoms with Crippen LogP contribution in [-0.2, 0) is 49.7 Å². The molecule has 29 nitrogen and oxygen atoms in total. The first-order chi connectivity index (χ1) is 44.4. The molecule has 0 spiro atoms. The van der Waals surface area contributed by atoms with Gasteiger partial charge in [-0.05, 0) is 136 Å². The molecule has 0 saturated carbocycles. The van der Waals surface area contributed by atoms with Gasteiger partial charge < -0.3 is 91.4 Å². The van der Waals surface area contributed by atoms with Gasteiger partial charge in [0.2, 0.25) is 5.91 Å². The summed E-state index contributed by atoms with van der Waals surface area (Å²) in [5, 5.41) is 13.9. The third-order valence-electron chi connectivity index (χ3n) is 14.6. The first-order valence-electron chi connectivity index (χ1n) is 30.3. The van der Waals surface area contributed by atoms with Crippen LogP contribution in [0.25, 0.3) is 0 Å². The Bertz CT molecular complexity index is 3340. The number of hydrogen-bond donors (Lipinski definition) is 13. The molecule has 4 aromatic rings. The van der Waals surface area contributed by atoms with Crippen molar-refractivity contribution in [1.29, 1.82) is 0 Å². The number of carbonyl (C=O) groups excluding carboxylic acids is 9. The van der Waals surface area contributed by atoms with Gasteiger partial charge in [-0.1, -0.05) is 24.3 Å². The number of unbranched alkanes of at least 4 members (excludes halogenated alkanes) is 1. The predicted octanol–water partition coefficient (Wildman–Crippen LogP) is 0.0462. The number of carbonyl (C=O) groups is 9. The number of methoxy groups -OCH3 is 4. The summed E-state index contributed by atoms with van der Waals surface area (Å²) in [4.78, 5) is 137. The van der Waals surface area contributed by atoms with Crippen molar-refractivity contribution in [1.82, 2.24) is 26.6 Å². The largest absolute Gasteiger partial charge is 0.496 e. The molecule has 93 heavy (non-hydrogen) atoms. The van der Waals surface area contributed by atoms with Crippen molar-refractivity contribution < 1.29 is 62.1 Å². The number of nitrogens with zero attached hydrogens (tertiary/aromatic N) is 3. The van der Waals surface area contributed by atoms with Crippen molar-refractivity contribution in [3.8, 4) is 23.0 Å². The van der Waals surface area contributed by atoms with E-state index in [1.165, 1.54) is 70.9 Å². The molecule has 4 rings (SSSR count). The molecule has 0 aliphatic heterocycles. The van der Waals surface area contributed by atoms with Crippen molar-refractivity contribution in [2.75, 3.05) is 67.7 Å². The summed E-state index contributed by atoms with van der Waals surface area (Å²) in [6.07, 6.45) is 1.51. The van der Waals surface area contributed by atoms with E-state index in [2.05, 4.69) is 41.6 Å². The Labute approximate surface area is 540 Å². The molecule has 0 bridgehead atoms. The molecule has 0 unspecified atom stereocenters. The summed E-state index contributed by atoms with van der Waals surface area (Å²) in [6.45, 7) is 2.79. The first kappa shape index (κ1) is 75.3. The minimum absolute atomic E-state index is 0.0188. The van der Waals surface area contributed by atoms with Gasteiger partial charge in [0.1, 0.15) is 23.0 Å². The summed E-state index contributed by atoms with van der Waals surface area (Å²) >= 11 is 0. The Hall–Kier alpha value is -10.2. The molecular formula is C64H90N16O13. The Balaban J connectivity index is 1.61. The fraction of sp³-hybridized carbons (Fsp3) is 0.438.